The van der Waals surface area contributed by atoms with Crippen LogP contribution in [0.1, 0.15) is 16.9 Å². The third-order valence-corrected chi connectivity index (χ3v) is 5.52. The standard InChI is InChI=1S/C18H14O5S/c1-21-17(19)10-7-8-12-14(13(10)18(20)22-2)15-16(24-12)9-5-3-4-6-11(9)23-15/h3-6H,7-8H2,1-2H3. The Bertz CT molecular complexity index is 1020. The number of fused-ring (bicyclic) bond motifs is 5. The van der Waals surface area contributed by atoms with Gasteiger partial charge in [-0.15, -0.1) is 11.3 Å². The Labute approximate surface area is 141 Å². The number of thiophene rings is 1. The molecule has 0 atom stereocenters. The van der Waals surface area contributed by atoms with Crippen molar-refractivity contribution in [2.75, 3.05) is 14.2 Å². The Morgan fingerprint density at radius 1 is 1.08 bits per heavy atom. The molecule has 5 nitrogen and oxygen atoms in total. The molecule has 0 saturated carbocycles. The minimum absolute atomic E-state index is 0.260. The number of esters is 2. The highest BCUT2D eigenvalue weighted by molar-refractivity contribution is 7.20. The van der Waals surface area contributed by atoms with Crippen LogP contribution in [0, 0.1) is 0 Å². The van der Waals surface area contributed by atoms with Crippen molar-refractivity contribution in [3.05, 3.63) is 40.3 Å². The van der Waals surface area contributed by atoms with Gasteiger partial charge in [0.25, 0.3) is 0 Å². The third kappa shape index (κ3) is 1.99. The number of aryl methyl sites for hydroxylation is 1. The second kappa shape index (κ2) is 5.49. The summed E-state index contributed by atoms with van der Waals surface area (Å²) in [5.74, 6) is -1.05. The molecule has 0 unspecified atom stereocenters. The second-order valence-electron chi connectivity index (χ2n) is 5.49. The molecule has 2 heterocycles. The molecule has 0 radical (unpaired) electrons. The largest absolute Gasteiger partial charge is 0.466 e. The van der Waals surface area contributed by atoms with Crippen molar-refractivity contribution in [3.8, 4) is 0 Å². The van der Waals surface area contributed by atoms with Gasteiger partial charge in [-0.3, -0.25) is 0 Å². The zero-order chi connectivity index (χ0) is 16.8. The molecule has 122 valence electrons. The number of para-hydroxylation sites is 1. The molecule has 24 heavy (non-hydrogen) atoms. The van der Waals surface area contributed by atoms with Gasteiger partial charge in [-0.1, -0.05) is 12.1 Å². The van der Waals surface area contributed by atoms with Crippen LogP contribution in [0.3, 0.4) is 0 Å². The summed E-state index contributed by atoms with van der Waals surface area (Å²) in [6, 6.07) is 7.73. The molecular formula is C18H14O5S. The molecule has 0 amide bonds. The van der Waals surface area contributed by atoms with Crippen LogP contribution < -0.4 is 0 Å². The van der Waals surface area contributed by atoms with E-state index in [1.165, 1.54) is 14.2 Å². The lowest BCUT2D eigenvalue weighted by molar-refractivity contribution is -0.138. The summed E-state index contributed by atoms with van der Waals surface area (Å²) in [4.78, 5) is 25.5. The molecule has 0 aliphatic heterocycles. The normalized spacial score (nSPS) is 14.1. The Morgan fingerprint density at radius 3 is 2.58 bits per heavy atom. The summed E-state index contributed by atoms with van der Waals surface area (Å²) in [5, 5.41) is 1.01. The zero-order valence-electron chi connectivity index (χ0n) is 13.2. The highest BCUT2D eigenvalue weighted by Gasteiger charge is 2.34. The van der Waals surface area contributed by atoms with E-state index < -0.39 is 11.9 Å². The monoisotopic (exact) mass is 342 g/mol. The fourth-order valence-corrected chi connectivity index (χ4v) is 4.45. The van der Waals surface area contributed by atoms with Gasteiger partial charge in [0.1, 0.15) is 5.58 Å². The van der Waals surface area contributed by atoms with Gasteiger partial charge >= 0.3 is 11.9 Å². The molecule has 0 fully saturated rings. The van der Waals surface area contributed by atoms with E-state index in [9.17, 15) is 9.59 Å². The number of carbonyl (C=O) groups excluding carboxylic acids is 2. The van der Waals surface area contributed by atoms with Gasteiger partial charge in [-0.2, -0.15) is 0 Å². The van der Waals surface area contributed by atoms with E-state index in [1.807, 2.05) is 24.3 Å². The molecule has 6 heteroatoms. The Balaban J connectivity index is 2.07. The highest BCUT2D eigenvalue weighted by atomic mass is 32.1. The lowest BCUT2D eigenvalue weighted by Crippen LogP contribution is -2.18. The average molecular weight is 342 g/mol. The lowest BCUT2D eigenvalue weighted by Gasteiger charge is -2.17. The number of hydrogen-bond acceptors (Lipinski definition) is 6. The molecule has 1 aromatic carbocycles. The van der Waals surface area contributed by atoms with Crippen molar-refractivity contribution in [1.29, 1.82) is 0 Å². The molecule has 0 bridgehead atoms. The van der Waals surface area contributed by atoms with Crippen molar-refractivity contribution in [1.82, 2.24) is 0 Å². The van der Waals surface area contributed by atoms with E-state index in [2.05, 4.69) is 0 Å². The van der Waals surface area contributed by atoms with Crippen LogP contribution in [-0.2, 0) is 25.5 Å². The fourth-order valence-electron chi connectivity index (χ4n) is 3.19. The van der Waals surface area contributed by atoms with E-state index >= 15 is 0 Å². The van der Waals surface area contributed by atoms with Gasteiger partial charge < -0.3 is 13.9 Å². The van der Waals surface area contributed by atoms with Crippen molar-refractivity contribution in [3.63, 3.8) is 0 Å². The first-order valence-electron chi connectivity index (χ1n) is 7.48. The average Bonchev–Trinajstić information content (AvgIpc) is 3.15. The van der Waals surface area contributed by atoms with Gasteiger partial charge in [0, 0.05) is 15.8 Å². The predicted molar refractivity (Wildman–Crippen MR) is 90.9 cm³/mol. The smallest absolute Gasteiger partial charge is 0.339 e. The fraction of sp³-hybridized carbons (Fsp3) is 0.222. The van der Waals surface area contributed by atoms with Gasteiger partial charge in [0.2, 0.25) is 0 Å². The van der Waals surface area contributed by atoms with E-state index in [-0.39, 0.29) is 5.57 Å². The number of hydrogen-bond donors (Lipinski definition) is 0. The lowest BCUT2D eigenvalue weighted by atomic mass is 9.90. The Hall–Kier alpha value is -2.60. The van der Waals surface area contributed by atoms with E-state index in [1.54, 1.807) is 11.3 Å². The number of benzene rings is 1. The Kier molecular flexibility index (Phi) is 3.42. The van der Waals surface area contributed by atoms with E-state index in [4.69, 9.17) is 13.9 Å². The molecule has 3 aromatic rings. The first-order valence-corrected chi connectivity index (χ1v) is 8.30. The van der Waals surface area contributed by atoms with Crippen molar-refractivity contribution in [2.24, 2.45) is 0 Å². The summed E-state index contributed by atoms with van der Waals surface area (Å²) in [6.07, 6.45) is 1.12. The van der Waals surface area contributed by atoms with Crippen molar-refractivity contribution >= 4 is 50.1 Å². The minimum Gasteiger partial charge on any atom is -0.466 e. The van der Waals surface area contributed by atoms with Crippen LogP contribution in [0.2, 0.25) is 0 Å². The molecule has 0 N–H and O–H groups in total. The minimum atomic E-state index is -0.545. The second-order valence-corrected chi connectivity index (χ2v) is 6.60. The topological polar surface area (TPSA) is 65.7 Å². The van der Waals surface area contributed by atoms with Gasteiger partial charge in [0.15, 0.2) is 5.58 Å². The zero-order valence-corrected chi connectivity index (χ0v) is 14.0. The molecular weight excluding hydrogens is 328 g/mol. The molecule has 4 rings (SSSR count). The van der Waals surface area contributed by atoms with Gasteiger partial charge in [-0.05, 0) is 25.0 Å². The van der Waals surface area contributed by atoms with E-state index in [0.29, 0.717) is 29.6 Å². The summed E-state index contributed by atoms with van der Waals surface area (Å²) >= 11 is 1.60. The maximum atomic E-state index is 12.4. The molecule has 0 spiro atoms. The van der Waals surface area contributed by atoms with Crippen molar-refractivity contribution in [2.45, 2.75) is 12.8 Å². The summed E-state index contributed by atoms with van der Waals surface area (Å²) in [7, 11) is 2.62. The van der Waals surface area contributed by atoms with Crippen LogP contribution in [0.5, 0.6) is 0 Å². The summed E-state index contributed by atoms with van der Waals surface area (Å²) in [5.41, 5.74) is 2.67. The quantitative estimate of drug-likeness (QED) is 0.665. The predicted octanol–water partition coefficient (Wildman–Crippen LogP) is 3.69. The summed E-state index contributed by atoms with van der Waals surface area (Å²) < 4.78 is 16.8. The van der Waals surface area contributed by atoms with Crippen LogP contribution in [-0.4, -0.2) is 26.2 Å². The van der Waals surface area contributed by atoms with Crippen LogP contribution in [0.15, 0.2) is 34.3 Å². The van der Waals surface area contributed by atoms with Crippen LogP contribution >= 0.6 is 11.3 Å². The maximum Gasteiger partial charge on any atom is 0.339 e. The highest BCUT2D eigenvalue weighted by Crippen LogP contribution is 2.46. The molecule has 2 aromatic heterocycles. The van der Waals surface area contributed by atoms with Gasteiger partial charge in [0.05, 0.1) is 30.1 Å². The van der Waals surface area contributed by atoms with E-state index in [0.717, 1.165) is 20.5 Å². The maximum absolute atomic E-state index is 12.4. The SMILES string of the molecule is COC(=O)C1=C(C(=O)OC)c2c(sc3c2oc2ccccc23)CC1. The first kappa shape index (κ1) is 15.0. The number of furan rings is 1. The molecule has 1 aliphatic carbocycles. The number of ether oxygens (including phenoxy) is 2. The van der Waals surface area contributed by atoms with Crippen molar-refractivity contribution < 1.29 is 23.5 Å². The molecule has 0 saturated heterocycles. The third-order valence-electron chi connectivity index (χ3n) is 4.26. The van der Waals surface area contributed by atoms with Gasteiger partial charge in [-0.25, -0.2) is 9.59 Å². The van der Waals surface area contributed by atoms with Crippen LogP contribution in [0.25, 0.3) is 26.8 Å². The van der Waals surface area contributed by atoms with Crippen LogP contribution in [0.4, 0.5) is 0 Å². The first-order chi connectivity index (χ1) is 11.7. The molecule has 1 aliphatic rings. The number of rotatable bonds is 2. The Morgan fingerprint density at radius 2 is 1.83 bits per heavy atom. The summed E-state index contributed by atoms with van der Waals surface area (Å²) in [6.45, 7) is 0. The number of carbonyl (C=O) groups is 2. The number of methoxy groups -OCH3 is 2.